The number of rotatable bonds is 9. The van der Waals surface area contributed by atoms with Crippen molar-refractivity contribution < 1.29 is 9.59 Å². The summed E-state index contributed by atoms with van der Waals surface area (Å²) in [4.78, 5) is 32.8. The standard InChI is InChI=1S/C30H38N5O2/c1-4-16-34(17-14-22-6-7-22)30(37)23-9-11-25(12-10-23)32-29(36)26-19-28-31-15-13-27(35(28)33-26)24-8-5-20(2)21(3)18-24/h5-8,13,15,18-19,23,25-26,33H,4,9-12,14,16-17H2,1-3H3,(H,32,36). The molecule has 2 amide bonds. The largest absolute Gasteiger partial charge is 0.352 e. The van der Waals surface area contributed by atoms with Crippen molar-refractivity contribution >= 4 is 23.7 Å². The van der Waals surface area contributed by atoms with Gasteiger partial charge in [-0.15, -0.1) is 0 Å². The van der Waals surface area contributed by atoms with E-state index >= 15 is 0 Å². The number of nitrogens with one attached hydrogen (secondary N) is 2. The smallest absolute Gasteiger partial charge is 0.243 e. The molecule has 7 heteroatoms. The van der Waals surface area contributed by atoms with E-state index in [4.69, 9.17) is 0 Å². The van der Waals surface area contributed by atoms with E-state index in [2.05, 4.69) is 67.2 Å². The van der Waals surface area contributed by atoms with Crippen molar-refractivity contribution in [2.75, 3.05) is 13.1 Å². The molecule has 1 radical (unpaired) electrons. The molecule has 7 nitrogen and oxygen atoms in total. The Morgan fingerprint density at radius 1 is 1.11 bits per heavy atom. The lowest BCUT2D eigenvalue weighted by Crippen LogP contribution is -2.49. The second-order valence-corrected chi connectivity index (χ2v) is 10.6. The summed E-state index contributed by atoms with van der Waals surface area (Å²) in [6.45, 7) is 7.97. The zero-order valence-electron chi connectivity index (χ0n) is 22.2. The van der Waals surface area contributed by atoms with Crippen LogP contribution in [0.25, 0.3) is 5.70 Å². The van der Waals surface area contributed by atoms with Crippen LogP contribution in [0.15, 0.2) is 52.8 Å². The summed E-state index contributed by atoms with van der Waals surface area (Å²) in [6.07, 6.45) is 15.1. The van der Waals surface area contributed by atoms with Crippen LogP contribution in [0.3, 0.4) is 0 Å². The van der Waals surface area contributed by atoms with Crippen molar-refractivity contribution in [3.63, 3.8) is 0 Å². The monoisotopic (exact) mass is 500 g/mol. The first-order valence-electron chi connectivity index (χ1n) is 13.7. The van der Waals surface area contributed by atoms with Crippen molar-refractivity contribution in [3.8, 4) is 0 Å². The Balaban J connectivity index is 1.13. The van der Waals surface area contributed by atoms with Crippen LogP contribution < -0.4 is 10.7 Å². The fraction of sp³-hybridized carbons (Fsp3) is 0.467. The van der Waals surface area contributed by atoms with Crippen LogP contribution in [-0.2, 0) is 9.59 Å². The van der Waals surface area contributed by atoms with Gasteiger partial charge in [-0.25, -0.2) is 10.4 Å². The van der Waals surface area contributed by atoms with E-state index in [9.17, 15) is 9.59 Å². The minimum Gasteiger partial charge on any atom is -0.352 e. The van der Waals surface area contributed by atoms with E-state index in [0.29, 0.717) is 0 Å². The van der Waals surface area contributed by atoms with Crippen molar-refractivity contribution in [1.29, 1.82) is 0 Å². The molecule has 5 rings (SSSR count). The normalized spacial score (nSPS) is 24.1. The van der Waals surface area contributed by atoms with Crippen LogP contribution in [0.2, 0.25) is 0 Å². The molecule has 195 valence electrons. The molecule has 0 spiro atoms. The first-order chi connectivity index (χ1) is 17.9. The van der Waals surface area contributed by atoms with Gasteiger partial charge in [0.05, 0.1) is 5.70 Å². The van der Waals surface area contributed by atoms with Crippen molar-refractivity contribution in [3.05, 3.63) is 70.9 Å². The zero-order valence-corrected chi connectivity index (χ0v) is 22.2. The van der Waals surface area contributed by atoms with Crippen LogP contribution in [0.4, 0.5) is 0 Å². The summed E-state index contributed by atoms with van der Waals surface area (Å²) in [5.74, 6) is 1.04. The molecule has 2 heterocycles. The summed E-state index contributed by atoms with van der Waals surface area (Å²) in [5, 5.41) is 5.13. The highest BCUT2D eigenvalue weighted by molar-refractivity contribution is 5.90. The van der Waals surface area contributed by atoms with Crippen molar-refractivity contribution in [2.45, 2.75) is 71.4 Å². The lowest BCUT2D eigenvalue weighted by Gasteiger charge is -2.33. The first kappa shape index (κ1) is 25.5. The number of hydrogen-bond donors (Lipinski definition) is 2. The highest BCUT2D eigenvalue weighted by Gasteiger charge is 2.34. The molecule has 1 atom stereocenters. The Bertz CT molecular complexity index is 1170. The Kier molecular flexibility index (Phi) is 7.60. The highest BCUT2D eigenvalue weighted by atomic mass is 16.2. The second-order valence-electron chi connectivity index (χ2n) is 10.6. The van der Waals surface area contributed by atoms with E-state index in [0.717, 1.165) is 68.7 Å². The Morgan fingerprint density at radius 3 is 2.59 bits per heavy atom. The third-order valence-electron chi connectivity index (χ3n) is 7.88. The SMILES string of the molecule is CCCN(CCC1=C[CH]1)C(=O)C1CCC(NC(=O)C2C=C3N=CC=C(c4ccc(C)c(C)c4)N3N2)CC1. The maximum Gasteiger partial charge on any atom is 0.243 e. The maximum atomic E-state index is 13.2. The summed E-state index contributed by atoms with van der Waals surface area (Å²) in [6, 6.07) is 6.00. The summed E-state index contributed by atoms with van der Waals surface area (Å²) in [7, 11) is 0. The number of hydrazine groups is 1. The molecular formula is C30H38N5O2. The molecule has 0 saturated heterocycles. The number of benzene rings is 1. The van der Waals surface area contributed by atoms with E-state index in [-0.39, 0.29) is 23.8 Å². The van der Waals surface area contributed by atoms with Gasteiger partial charge in [-0.1, -0.05) is 30.7 Å². The molecule has 37 heavy (non-hydrogen) atoms. The van der Waals surface area contributed by atoms with Crippen LogP contribution in [0.5, 0.6) is 0 Å². The number of carbonyl (C=O) groups excluding carboxylic acids is 2. The summed E-state index contributed by atoms with van der Waals surface area (Å²) < 4.78 is 0. The Labute approximate surface area is 220 Å². The first-order valence-corrected chi connectivity index (χ1v) is 13.7. The second kappa shape index (κ2) is 11.1. The van der Waals surface area contributed by atoms with Gasteiger partial charge in [0.1, 0.15) is 11.9 Å². The number of amides is 2. The Hall–Kier alpha value is -3.19. The van der Waals surface area contributed by atoms with Gasteiger partial charge in [0.25, 0.3) is 0 Å². The van der Waals surface area contributed by atoms with E-state index in [1.165, 1.54) is 16.7 Å². The maximum absolute atomic E-state index is 13.2. The van der Waals surface area contributed by atoms with Gasteiger partial charge >= 0.3 is 0 Å². The van der Waals surface area contributed by atoms with Crippen molar-refractivity contribution in [2.24, 2.45) is 10.9 Å². The van der Waals surface area contributed by atoms with Crippen molar-refractivity contribution in [1.82, 2.24) is 20.7 Å². The third kappa shape index (κ3) is 5.87. The molecule has 2 aliphatic heterocycles. The number of fused-ring (bicyclic) bond motifs is 1. The fourth-order valence-corrected chi connectivity index (χ4v) is 5.40. The molecule has 2 N–H and O–H groups in total. The average molecular weight is 501 g/mol. The van der Waals surface area contributed by atoms with Gasteiger partial charge in [0.2, 0.25) is 11.8 Å². The molecule has 1 unspecified atom stereocenters. The van der Waals surface area contributed by atoms with Crippen LogP contribution in [0, 0.1) is 26.2 Å². The van der Waals surface area contributed by atoms with Gasteiger partial charge in [-0.3, -0.25) is 14.6 Å². The van der Waals surface area contributed by atoms with Gasteiger partial charge in [-0.05, 0) is 81.7 Å². The molecule has 1 saturated carbocycles. The van der Waals surface area contributed by atoms with Crippen LogP contribution in [-0.4, -0.2) is 53.1 Å². The van der Waals surface area contributed by atoms with E-state index < -0.39 is 6.04 Å². The average Bonchev–Trinajstić information content (AvgIpc) is 3.63. The predicted molar refractivity (Wildman–Crippen MR) is 147 cm³/mol. The number of carbonyl (C=O) groups is 2. The number of hydrogen-bond acceptors (Lipinski definition) is 5. The minimum absolute atomic E-state index is 0.0483. The minimum atomic E-state index is -0.479. The fourth-order valence-electron chi connectivity index (χ4n) is 5.40. The Morgan fingerprint density at radius 2 is 1.89 bits per heavy atom. The topological polar surface area (TPSA) is 77.0 Å². The molecule has 1 fully saturated rings. The predicted octanol–water partition coefficient (Wildman–Crippen LogP) is 4.21. The van der Waals surface area contributed by atoms with E-state index in [1.54, 1.807) is 6.21 Å². The summed E-state index contributed by atoms with van der Waals surface area (Å²) >= 11 is 0. The highest BCUT2D eigenvalue weighted by Crippen LogP contribution is 2.31. The molecule has 4 aliphatic rings. The van der Waals surface area contributed by atoms with Gasteiger partial charge < -0.3 is 10.2 Å². The number of allylic oxidation sites excluding steroid dienone is 2. The number of nitrogens with zero attached hydrogens (tertiary/aromatic N) is 3. The lowest BCUT2D eigenvalue weighted by atomic mass is 9.85. The summed E-state index contributed by atoms with van der Waals surface area (Å²) in [5.41, 5.74) is 9.22. The number of aliphatic imine (C=N–C) groups is 1. The molecular weight excluding hydrogens is 462 g/mol. The van der Waals surface area contributed by atoms with Gasteiger partial charge in [0, 0.05) is 43.2 Å². The molecule has 1 aromatic rings. The number of aryl methyl sites for hydroxylation is 2. The van der Waals surface area contributed by atoms with Crippen LogP contribution in [0.1, 0.15) is 62.1 Å². The zero-order chi connectivity index (χ0) is 25.9. The molecule has 2 aliphatic carbocycles. The van der Waals surface area contributed by atoms with Crippen LogP contribution >= 0.6 is 0 Å². The van der Waals surface area contributed by atoms with Gasteiger partial charge in [0.15, 0.2) is 0 Å². The molecule has 0 bridgehead atoms. The molecule has 1 aromatic carbocycles. The lowest BCUT2D eigenvalue weighted by molar-refractivity contribution is -0.136. The van der Waals surface area contributed by atoms with E-state index in [1.807, 2.05) is 22.1 Å². The molecule has 0 aromatic heterocycles. The van der Waals surface area contributed by atoms with Gasteiger partial charge in [-0.2, -0.15) is 0 Å². The third-order valence-corrected chi connectivity index (χ3v) is 7.88. The quantitative estimate of drug-likeness (QED) is 0.533.